The van der Waals surface area contributed by atoms with Crippen molar-refractivity contribution in [2.24, 2.45) is 5.92 Å². The van der Waals surface area contributed by atoms with E-state index in [1.807, 2.05) is 30.4 Å². The van der Waals surface area contributed by atoms with Crippen molar-refractivity contribution in [2.45, 2.75) is 108 Å². The summed E-state index contributed by atoms with van der Waals surface area (Å²) < 4.78 is 22.7. The van der Waals surface area contributed by atoms with E-state index in [0.29, 0.717) is 45.6 Å². The van der Waals surface area contributed by atoms with Gasteiger partial charge in [0.25, 0.3) is 0 Å². The molecule has 296 valence electrons. The molecule has 3 N–H and O–H groups in total. The molecular weight excluding hydrogens is 698 g/mol. The second-order valence-corrected chi connectivity index (χ2v) is 16.0. The summed E-state index contributed by atoms with van der Waals surface area (Å²) in [5, 5.41) is 15.7. The molecule has 54 heavy (non-hydrogen) atoms. The van der Waals surface area contributed by atoms with Crippen LogP contribution in [0.25, 0.3) is 0 Å². The second kappa shape index (κ2) is 16.6. The van der Waals surface area contributed by atoms with E-state index in [1.165, 1.54) is 4.90 Å². The molecule has 6 rings (SSSR count). The monoisotopic (exact) mass is 753 g/mol. The number of carboxylic acid groups (broad SMARTS) is 1. The molecule has 4 heterocycles. The third-order valence-electron chi connectivity index (χ3n) is 11.1. The smallest absolute Gasteiger partial charge is 0.410 e. The van der Waals surface area contributed by atoms with E-state index >= 15 is 0 Å². The molecule has 0 spiro atoms. The van der Waals surface area contributed by atoms with Crippen LogP contribution in [0.15, 0.2) is 30.4 Å². The fourth-order valence-corrected chi connectivity index (χ4v) is 8.07. The van der Waals surface area contributed by atoms with E-state index in [2.05, 4.69) is 15.5 Å². The first kappa shape index (κ1) is 39.3. The van der Waals surface area contributed by atoms with Crippen LogP contribution in [0, 0.1) is 5.92 Å². The number of ether oxygens (including phenoxy) is 4. The molecular formula is C39H55N5O10. The van der Waals surface area contributed by atoms with Gasteiger partial charge >= 0.3 is 18.2 Å². The number of carbonyl (C=O) groups excluding carboxylic acids is 4. The third kappa shape index (κ3) is 9.11. The number of morpholine rings is 1. The predicted octanol–water partition coefficient (Wildman–Crippen LogP) is 3.41. The number of hydrogen-bond acceptors (Lipinski definition) is 10. The first-order valence-electron chi connectivity index (χ1n) is 19.2. The Bertz CT molecular complexity index is 1610. The van der Waals surface area contributed by atoms with Crippen molar-refractivity contribution in [3.05, 3.63) is 41.5 Å². The highest BCUT2D eigenvalue weighted by Crippen LogP contribution is 2.45. The van der Waals surface area contributed by atoms with Crippen LogP contribution >= 0.6 is 0 Å². The van der Waals surface area contributed by atoms with Crippen LogP contribution in [-0.4, -0.2) is 132 Å². The van der Waals surface area contributed by atoms with Gasteiger partial charge in [0.15, 0.2) is 0 Å². The van der Waals surface area contributed by atoms with Crippen molar-refractivity contribution in [3.8, 4) is 5.75 Å². The Morgan fingerprint density at radius 2 is 1.87 bits per heavy atom. The summed E-state index contributed by atoms with van der Waals surface area (Å²) in [7, 11) is 1.62. The molecule has 2 saturated heterocycles. The largest absolute Gasteiger partial charge is 0.497 e. The van der Waals surface area contributed by atoms with E-state index in [4.69, 9.17) is 18.9 Å². The third-order valence-corrected chi connectivity index (χ3v) is 11.1. The van der Waals surface area contributed by atoms with Crippen molar-refractivity contribution >= 4 is 30.0 Å². The molecule has 15 nitrogen and oxygen atoms in total. The molecule has 1 aromatic rings. The van der Waals surface area contributed by atoms with Crippen LogP contribution in [-0.2, 0) is 35.0 Å². The van der Waals surface area contributed by atoms with E-state index in [0.717, 1.165) is 49.2 Å². The molecule has 6 atom stereocenters. The van der Waals surface area contributed by atoms with Gasteiger partial charge in [0.2, 0.25) is 11.8 Å². The van der Waals surface area contributed by atoms with Gasteiger partial charge in [-0.3, -0.25) is 19.4 Å². The number of aliphatic carboxylic acids is 1. The van der Waals surface area contributed by atoms with Gasteiger partial charge in [0.1, 0.15) is 35.1 Å². The van der Waals surface area contributed by atoms with Crippen LogP contribution in [0.3, 0.4) is 0 Å². The van der Waals surface area contributed by atoms with Gasteiger partial charge in [-0.05, 0) is 76.1 Å². The molecule has 1 saturated carbocycles. The zero-order valence-corrected chi connectivity index (χ0v) is 31.8. The van der Waals surface area contributed by atoms with E-state index in [1.54, 1.807) is 32.8 Å². The maximum atomic E-state index is 14.4. The normalized spacial score (nSPS) is 30.0. The minimum absolute atomic E-state index is 0.0333. The zero-order valence-electron chi connectivity index (χ0n) is 31.8. The number of benzene rings is 1. The lowest BCUT2D eigenvalue weighted by Gasteiger charge is -2.40. The molecule has 1 aromatic carbocycles. The SMILES string of the molecule is COc1ccc2c(c1)CCN(C(=O)O[C@@H]1C[C@H]3C(=O)N[C@]4(C(=O)O)C[C@@H]4/C=C\CCCCC[C@H](NC(=O)OC(C)(C)C)C(=O)N3C1)C2CN1CCOCC1. The van der Waals surface area contributed by atoms with E-state index in [9.17, 15) is 29.1 Å². The Morgan fingerprint density at radius 3 is 2.59 bits per heavy atom. The molecule has 0 radical (unpaired) electrons. The zero-order chi connectivity index (χ0) is 38.6. The summed E-state index contributed by atoms with van der Waals surface area (Å²) in [5.74, 6) is -1.94. The summed E-state index contributed by atoms with van der Waals surface area (Å²) in [6, 6.07) is 3.41. The number of fused-ring (bicyclic) bond motifs is 3. The minimum atomic E-state index is -1.48. The van der Waals surface area contributed by atoms with Gasteiger partial charge in [0, 0.05) is 38.5 Å². The molecule has 1 aliphatic carbocycles. The molecule has 3 fully saturated rings. The number of nitrogens with zero attached hydrogens (tertiary/aromatic N) is 3. The van der Waals surface area contributed by atoms with E-state index < -0.39 is 59.3 Å². The van der Waals surface area contributed by atoms with Crippen LogP contribution in [0.5, 0.6) is 5.75 Å². The topological polar surface area (TPSA) is 176 Å². The second-order valence-electron chi connectivity index (χ2n) is 16.0. The molecule has 0 aromatic heterocycles. The number of rotatable bonds is 6. The first-order valence-corrected chi connectivity index (χ1v) is 19.2. The molecule has 1 unspecified atom stereocenters. The summed E-state index contributed by atoms with van der Waals surface area (Å²) in [6.45, 7) is 8.71. The van der Waals surface area contributed by atoms with Crippen molar-refractivity contribution in [1.29, 1.82) is 0 Å². The van der Waals surface area contributed by atoms with Gasteiger partial charge in [0.05, 0.1) is 32.9 Å². The Balaban J connectivity index is 1.25. The number of nitrogens with one attached hydrogen (secondary N) is 2. The molecule has 0 bridgehead atoms. The van der Waals surface area contributed by atoms with Crippen molar-refractivity contribution in [2.75, 3.05) is 53.0 Å². The molecule has 15 heteroatoms. The highest BCUT2D eigenvalue weighted by Gasteiger charge is 2.61. The van der Waals surface area contributed by atoms with Crippen molar-refractivity contribution in [1.82, 2.24) is 25.3 Å². The molecule has 5 aliphatic rings. The number of methoxy groups -OCH3 is 1. The average Bonchev–Trinajstić information content (AvgIpc) is 3.67. The number of allylic oxidation sites excluding steroid dienone is 1. The number of carbonyl (C=O) groups is 5. The van der Waals surface area contributed by atoms with Gasteiger partial charge in [-0.25, -0.2) is 14.4 Å². The summed E-state index contributed by atoms with van der Waals surface area (Å²) in [5.41, 5.74) is -0.194. The van der Waals surface area contributed by atoms with Gasteiger partial charge in [-0.15, -0.1) is 0 Å². The Labute approximate surface area is 316 Å². The maximum absolute atomic E-state index is 14.4. The highest BCUT2D eigenvalue weighted by atomic mass is 16.6. The number of carboxylic acids is 1. The average molecular weight is 754 g/mol. The van der Waals surface area contributed by atoms with Gasteiger partial charge < -0.3 is 39.6 Å². The van der Waals surface area contributed by atoms with Crippen molar-refractivity contribution in [3.63, 3.8) is 0 Å². The summed E-state index contributed by atoms with van der Waals surface area (Å²) >= 11 is 0. The fourth-order valence-electron chi connectivity index (χ4n) is 8.07. The van der Waals surface area contributed by atoms with Crippen LogP contribution in [0.2, 0.25) is 0 Å². The van der Waals surface area contributed by atoms with Crippen LogP contribution in [0.4, 0.5) is 9.59 Å². The van der Waals surface area contributed by atoms with Crippen molar-refractivity contribution < 1.29 is 48.0 Å². The number of amides is 4. The molecule has 4 aliphatic heterocycles. The standard InChI is InChI=1S/C39H55N5O10/c1-38(2,3)54-36(49)40-30-11-9-7-5-6-8-10-26-22-39(26,35(47)48)41-33(45)31-21-28(23-44(31)34(30)46)53-37(50)43-15-14-25-20-27(51-4)12-13-29(25)32(43)24-42-16-18-52-19-17-42/h8,10,12-13,20,26,28,30-32H,5-7,9,11,14-19,21-24H2,1-4H3,(H,40,49)(H,41,45)(H,47,48)/b10-8-/t26-,28+,30-,31-,32?,39+/m0/s1. The quantitative estimate of drug-likeness (QED) is 0.363. The Kier molecular flexibility index (Phi) is 12.1. The lowest BCUT2D eigenvalue weighted by atomic mass is 9.92. The Hall–Kier alpha value is -4.37. The molecule has 4 amide bonds. The van der Waals surface area contributed by atoms with Crippen LogP contribution in [0.1, 0.15) is 82.9 Å². The Morgan fingerprint density at radius 1 is 1.09 bits per heavy atom. The predicted molar refractivity (Wildman–Crippen MR) is 196 cm³/mol. The lowest BCUT2D eigenvalue weighted by Crippen LogP contribution is -2.56. The van der Waals surface area contributed by atoms with Gasteiger partial charge in [-0.2, -0.15) is 0 Å². The maximum Gasteiger partial charge on any atom is 0.410 e. The fraction of sp³-hybridized carbons (Fsp3) is 0.667. The number of hydrogen-bond donors (Lipinski definition) is 3. The van der Waals surface area contributed by atoms with E-state index in [-0.39, 0.29) is 31.3 Å². The summed E-state index contributed by atoms with van der Waals surface area (Å²) in [6.07, 6.45) is 5.65. The lowest BCUT2D eigenvalue weighted by molar-refractivity contribution is -0.145. The first-order chi connectivity index (χ1) is 25.8. The minimum Gasteiger partial charge on any atom is -0.497 e. The summed E-state index contributed by atoms with van der Waals surface area (Å²) in [4.78, 5) is 73.4. The van der Waals surface area contributed by atoms with Crippen LogP contribution < -0.4 is 15.4 Å². The van der Waals surface area contributed by atoms with Gasteiger partial charge in [-0.1, -0.05) is 31.1 Å². The number of alkyl carbamates (subject to hydrolysis) is 1. The highest BCUT2D eigenvalue weighted by molar-refractivity contribution is 5.96.